The van der Waals surface area contributed by atoms with Gasteiger partial charge in [0.15, 0.2) is 0 Å². The normalized spacial score (nSPS) is 11.7. The standard InChI is InChI=1S/C12H13F5N2O.ClH/c13-11(14,6-18)7-19-10(20)5-8-3-1-2-4-9(8)12(15,16)17;/h1-4H,5-7,18H2,(H,19,20);1H. The zero-order valence-electron chi connectivity index (χ0n) is 10.7. The molecule has 0 aliphatic rings. The summed E-state index contributed by atoms with van der Waals surface area (Å²) >= 11 is 0. The van der Waals surface area contributed by atoms with E-state index in [9.17, 15) is 26.7 Å². The molecule has 1 aromatic carbocycles. The second-order valence-corrected chi connectivity index (χ2v) is 4.17. The van der Waals surface area contributed by atoms with E-state index in [4.69, 9.17) is 5.73 Å². The van der Waals surface area contributed by atoms with Crippen molar-refractivity contribution in [3.63, 3.8) is 0 Å². The van der Waals surface area contributed by atoms with Crippen molar-refractivity contribution < 1.29 is 26.7 Å². The minimum atomic E-state index is -4.60. The van der Waals surface area contributed by atoms with Crippen LogP contribution in [0.15, 0.2) is 24.3 Å². The van der Waals surface area contributed by atoms with Gasteiger partial charge in [-0.15, -0.1) is 12.4 Å². The Labute approximate surface area is 124 Å². The van der Waals surface area contributed by atoms with Crippen LogP contribution in [0.3, 0.4) is 0 Å². The zero-order valence-corrected chi connectivity index (χ0v) is 11.5. The average molecular weight is 333 g/mol. The van der Waals surface area contributed by atoms with Crippen LogP contribution < -0.4 is 11.1 Å². The average Bonchev–Trinajstić information content (AvgIpc) is 2.36. The molecule has 1 aromatic rings. The second kappa shape index (κ2) is 7.56. The molecule has 0 unspecified atom stereocenters. The Kier molecular flexibility index (Phi) is 7.05. The number of carbonyl (C=O) groups excluding carboxylic acids is 1. The molecule has 0 heterocycles. The third-order valence-electron chi connectivity index (χ3n) is 2.52. The number of amides is 1. The topological polar surface area (TPSA) is 55.1 Å². The van der Waals surface area contributed by atoms with Crippen LogP contribution in [-0.4, -0.2) is 24.9 Å². The molecule has 0 bridgehead atoms. The molecular formula is C12H14ClF5N2O. The zero-order chi connectivity index (χ0) is 15.4. The molecule has 0 fully saturated rings. The smallest absolute Gasteiger partial charge is 0.350 e. The molecule has 3 N–H and O–H groups in total. The second-order valence-electron chi connectivity index (χ2n) is 4.17. The monoisotopic (exact) mass is 332 g/mol. The molecule has 21 heavy (non-hydrogen) atoms. The van der Waals surface area contributed by atoms with Crippen molar-refractivity contribution in [3.8, 4) is 0 Å². The summed E-state index contributed by atoms with van der Waals surface area (Å²) in [4.78, 5) is 11.4. The molecule has 3 nitrogen and oxygen atoms in total. The van der Waals surface area contributed by atoms with Gasteiger partial charge in [0.1, 0.15) is 0 Å². The Balaban J connectivity index is 0.00000400. The first kappa shape index (κ1) is 19.6. The maximum absolute atomic E-state index is 12.8. The van der Waals surface area contributed by atoms with Gasteiger partial charge in [-0.25, -0.2) is 8.78 Å². The molecule has 0 radical (unpaired) electrons. The Bertz CT molecular complexity index is 479. The van der Waals surface area contributed by atoms with Crippen molar-refractivity contribution in [2.45, 2.75) is 18.5 Å². The van der Waals surface area contributed by atoms with E-state index in [1.54, 1.807) is 0 Å². The third kappa shape index (κ3) is 6.26. The van der Waals surface area contributed by atoms with Crippen molar-refractivity contribution in [3.05, 3.63) is 35.4 Å². The lowest BCUT2D eigenvalue weighted by Gasteiger charge is -2.16. The number of alkyl halides is 5. The maximum atomic E-state index is 12.8. The van der Waals surface area contributed by atoms with Crippen LogP contribution in [0.4, 0.5) is 22.0 Å². The highest BCUT2D eigenvalue weighted by atomic mass is 35.5. The predicted molar refractivity (Wildman–Crippen MR) is 69.4 cm³/mol. The van der Waals surface area contributed by atoms with Gasteiger partial charge in [-0.05, 0) is 11.6 Å². The minimum Gasteiger partial charge on any atom is -0.350 e. The molecule has 1 rings (SSSR count). The number of nitrogens with one attached hydrogen (secondary N) is 1. The fourth-order valence-corrected chi connectivity index (χ4v) is 1.49. The molecule has 0 aliphatic carbocycles. The van der Waals surface area contributed by atoms with E-state index in [1.165, 1.54) is 12.1 Å². The SMILES string of the molecule is Cl.NCC(F)(F)CNC(=O)Cc1ccccc1C(F)(F)F. The number of nitrogens with two attached hydrogens (primary N) is 1. The first-order valence-electron chi connectivity index (χ1n) is 5.65. The fourth-order valence-electron chi connectivity index (χ4n) is 1.49. The van der Waals surface area contributed by atoms with Crippen molar-refractivity contribution in [2.75, 3.05) is 13.1 Å². The van der Waals surface area contributed by atoms with Crippen LogP contribution in [0.5, 0.6) is 0 Å². The Morgan fingerprint density at radius 3 is 2.24 bits per heavy atom. The largest absolute Gasteiger partial charge is 0.416 e. The quantitative estimate of drug-likeness (QED) is 0.813. The summed E-state index contributed by atoms with van der Waals surface area (Å²) in [7, 11) is 0. The van der Waals surface area contributed by atoms with Crippen molar-refractivity contribution in [2.24, 2.45) is 5.73 Å². The Morgan fingerprint density at radius 2 is 1.71 bits per heavy atom. The minimum absolute atomic E-state index is 0. The lowest BCUT2D eigenvalue weighted by atomic mass is 10.0. The molecule has 0 spiro atoms. The number of halogens is 6. The van der Waals surface area contributed by atoms with Gasteiger partial charge < -0.3 is 11.1 Å². The van der Waals surface area contributed by atoms with Crippen molar-refractivity contribution >= 4 is 18.3 Å². The predicted octanol–water partition coefficient (Wildman–Crippen LogP) is 2.38. The highest BCUT2D eigenvalue weighted by Gasteiger charge is 2.33. The van der Waals surface area contributed by atoms with Crippen LogP contribution >= 0.6 is 12.4 Å². The molecule has 9 heteroatoms. The van der Waals surface area contributed by atoms with Crippen molar-refractivity contribution in [1.29, 1.82) is 0 Å². The van der Waals surface area contributed by atoms with Crippen LogP contribution in [0.1, 0.15) is 11.1 Å². The van der Waals surface area contributed by atoms with E-state index in [0.717, 1.165) is 12.1 Å². The Hall–Kier alpha value is -1.41. The molecule has 0 atom stereocenters. The molecule has 0 aliphatic heterocycles. The lowest BCUT2D eigenvalue weighted by molar-refractivity contribution is -0.138. The number of hydrogen-bond acceptors (Lipinski definition) is 2. The Morgan fingerprint density at radius 1 is 1.14 bits per heavy atom. The molecule has 0 saturated carbocycles. The number of carbonyl (C=O) groups is 1. The van der Waals surface area contributed by atoms with Crippen molar-refractivity contribution in [1.82, 2.24) is 5.32 Å². The summed E-state index contributed by atoms with van der Waals surface area (Å²) < 4.78 is 63.6. The van der Waals surface area contributed by atoms with E-state index in [1.807, 2.05) is 5.32 Å². The third-order valence-corrected chi connectivity index (χ3v) is 2.52. The van der Waals surface area contributed by atoms with Gasteiger partial charge in [0, 0.05) is 0 Å². The molecular weight excluding hydrogens is 319 g/mol. The molecule has 0 aromatic heterocycles. The summed E-state index contributed by atoms with van der Waals surface area (Å²) in [6, 6.07) is 4.49. The van der Waals surface area contributed by atoms with Gasteiger partial charge in [-0.1, -0.05) is 18.2 Å². The first-order valence-corrected chi connectivity index (χ1v) is 5.65. The van der Waals surface area contributed by atoms with Crippen LogP contribution in [0, 0.1) is 0 Å². The number of benzene rings is 1. The first-order chi connectivity index (χ1) is 9.15. The van der Waals surface area contributed by atoms with Gasteiger partial charge in [-0.3, -0.25) is 4.79 Å². The van der Waals surface area contributed by atoms with Crippen LogP contribution in [-0.2, 0) is 17.4 Å². The summed E-state index contributed by atoms with van der Waals surface area (Å²) in [6.45, 7) is -1.96. The number of hydrogen-bond donors (Lipinski definition) is 2. The molecule has 1 amide bonds. The fraction of sp³-hybridized carbons (Fsp3) is 0.417. The number of rotatable bonds is 5. The highest BCUT2D eigenvalue weighted by molar-refractivity contribution is 5.85. The van der Waals surface area contributed by atoms with Gasteiger partial charge in [-0.2, -0.15) is 13.2 Å². The van der Waals surface area contributed by atoms with Crippen LogP contribution in [0.2, 0.25) is 0 Å². The molecule has 120 valence electrons. The van der Waals surface area contributed by atoms with Crippen LogP contribution in [0.25, 0.3) is 0 Å². The molecule has 0 saturated heterocycles. The lowest BCUT2D eigenvalue weighted by Crippen LogP contribution is -2.42. The van der Waals surface area contributed by atoms with E-state index in [0.29, 0.717) is 0 Å². The van der Waals surface area contributed by atoms with Gasteiger partial charge >= 0.3 is 6.18 Å². The summed E-state index contributed by atoms with van der Waals surface area (Å²) in [5.74, 6) is -4.20. The van der Waals surface area contributed by atoms with Gasteiger partial charge in [0.2, 0.25) is 5.91 Å². The summed E-state index contributed by atoms with van der Waals surface area (Å²) in [5, 5.41) is 1.86. The highest BCUT2D eigenvalue weighted by Crippen LogP contribution is 2.31. The summed E-state index contributed by atoms with van der Waals surface area (Å²) in [6.07, 6.45) is -5.23. The van der Waals surface area contributed by atoms with E-state index in [2.05, 4.69) is 0 Å². The van der Waals surface area contributed by atoms with E-state index < -0.39 is 43.1 Å². The maximum Gasteiger partial charge on any atom is 0.416 e. The van der Waals surface area contributed by atoms with E-state index >= 15 is 0 Å². The summed E-state index contributed by atoms with van der Waals surface area (Å²) in [5.41, 5.74) is 3.55. The van der Waals surface area contributed by atoms with E-state index in [-0.39, 0.29) is 18.0 Å². The van der Waals surface area contributed by atoms with Gasteiger partial charge in [0.25, 0.3) is 5.92 Å². The van der Waals surface area contributed by atoms with Gasteiger partial charge in [0.05, 0.1) is 25.1 Å².